The lowest BCUT2D eigenvalue weighted by Gasteiger charge is -2.34. The number of hydrogen-bond donors (Lipinski definition) is 0. The zero-order valence-corrected chi connectivity index (χ0v) is 16.8. The summed E-state index contributed by atoms with van der Waals surface area (Å²) < 4.78 is 7.34. The molecule has 2 aromatic carbocycles. The molecule has 3 aromatic rings. The highest BCUT2D eigenvalue weighted by Gasteiger charge is 2.22. The fourth-order valence-electron chi connectivity index (χ4n) is 3.76. The van der Waals surface area contributed by atoms with E-state index in [1.165, 1.54) is 5.56 Å². The van der Waals surface area contributed by atoms with E-state index in [0.29, 0.717) is 0 Å². The molecule has 0 atom stereocenters. The molecule has 29 heavy (non-hydrogen) atoms. The molecule has 4 rings (SSSR count). The Labute approximate surface area is 172 Å². The zero-order valence-electron chi connectivity index (χ0n) is 16.8. The minimum Gasteiger partial charge on any atom is -0.497 e. The first-order valence-electron chi connectivity index (χ1n) is 10.1. The van der Waals surface area contributed by atoms with Crippen LogP contribution < -0.4 is 4.74 Å². The van der Waals surface area contributed by atoms with Gasteiger partial charge in [0.15, 0.2) is 0 Å². The van der Waals surface area contributed by atoms with Crippen molar-refractivity contribution in [1.82, 2.24) is 14.4 Å². The van der Waals surface area contributed by atoms with Crippen molar-refractivity contribution in [2.75, 3.05) is 39.8 Å². The van der Waals surface area contributed by atoms with E-state index in [-0.39, 0.29) is 5.91 Å². The standard InChI is InChI=1S/C24H27N3O2/c1-29-23-6-4-5-20(19-23)11-14-25-15-17-27(18-16-25)24(28)21-7-9-22(10-8-21)26-12-2-3-13-26/h2-10,12-13,19H,11,14-18H2,1H3. The van der Waals surface area contributed by atoms with Crippen LogP contribution in [-0.4, -0.2) is 60.1 Å². The Bertz CT molecular complexity index is 927. The van der Waals surface area contributed by atoms with E-state index < -0.39 is 0 Å². The average molecular weight is 389 g/mol. The molecule has 0 N–H and O–H groups in total. The minimum absolute atomic E-state index is 0.122. The van der Waals surface area contributed by atoms with Gasteiger partial charge in [0.25, 0.3) is 5.91 Å². The van der Waals surface area contributed by atoms with Crippen LogP contribution in [0.2, 0.25) is 0 Å². The number of methoxy groups -OCH3 is 1. The van der Waals surface area contributed by atoms with E-state index in [4.69, 9.17) is 4.74 Å². The second kappa shape index (κ2) is 8.97. The lowest BCUT2D eigenvalue weighted by Crippen LogP contribution is -2.49. The van der Waals surface area contributed by atoms with Crippen molar-refractivity contribution in [2.24, 2.45) is 0 Å². The number of benzene rings is 2. The molecule has 1 fully saturated rings. The van der Waals surface area contributed by atoms with Crippen LogP contribution in [0.25, 0.3) is 5.69 Å². The van der Waals surface area contributed by atoms with Gasteiger partial charge in [0, 0.05) is 56.4 Å². The topological polar surface area (TPSA) is 37.7 Å². The molecule has 5 heteroatoms. The third-order valence-corrected chi connectivity index (χ3v) is 5.53. The minimum atomic E-state index is 0.122. The number of nitrogens with zero attached hydrogens (tertiary/aromatic N) is 3. The Morgan fingerprint density at radius 1 is 0.931 bits per heavy atom. The number of ether oxygens (including phenoxy) is 1. The maximum atomic E-state index is 12.8. The van der Waals surface area contributed by atoms with E-state index in [1.807, 2.05) is 70.4 Å². The lowest BCUT2D eigenvalue weighted by atomic mass is 10.1. The highest BCUT2D eigenvalue weighted by molar-refractivity contribution is 5.94. The molecule has 2 heterocycles. The van der Waals surface area contributed by atoms with E-state index in [1.54, 1.807) is 7.11 Å². The summed E-state index contributed by atoms with van der Waals surface area (Å²) >= 11 is 0. The highest BCUT2D eigenvalue weighted by atomic mass is 16.5. The highest BCUT2D eigenvalue weighted by Crippen LogP contribution is 2.15. The molecule has 0 aliphatic carbocycles. The van der Waals surface area contributed by atoms with Crippen LogP contribution in [0.5, 0.6) is 5.75 Å². The van der Waals surface area contributed by atoms with Gasteiger partial charge in [-0.3, -0.25) is 9.69 Å². The predicted octanol–water partition coefficient (Wildman–Crippen LogP) is 3.49. The van der Waals surface area contributed by atoms with E-state index >= 15 is 0 Å². The van der Waals surface area contributed by atoms with Gasteiger partial charge >= 0.3 is 0 Å². The van der Waals surface area contributed by atoms with Gasteiger partial charge in [-0.2, -0.15) is 0 Å². The summed E-state index contributed by atoms with van der Waals surface area (Å²) in [5.74, 6) is 1.03. The van der Waals surface area contributed by atoms with Gasteiger partial charge in [0.05, 0.1) is 7.11 Å². The quantitative estimate of drug-likeness (QED) is 0.648. The van der Waals surface area contributed by atoms with Crippen LogP contribution in [0.15, 0.2) is 73.1 Å². The van der Waals surface area contributed by atoms with Crippen molar-refractivity contribution < 1.29 is 9.53 Å². The van der Waals surface area contributed by atoms with Crippen LogP contribution in [0, 0.1) is 0 Å². The van der Waals surface area contributed by atoms with Gasteiger partial charge < -0.3 is 14.2 Å². The van der Waals surface area contributed by atoms with Crippen molar-refractivity contribution in [3.8, 4) is 11.4 Å². The molecule has 0 unspecified atom stereocenters. The fourth-order valence-corrected chi connectivity index (χ4v) is 3.76. The van der Waals surface area contributed by atoms with Crippen molar-refractivity contribution in [3.05, 3.63) is 84.2 Å². The Morgan fingerprint density at radius 2 is 1.66 bits per heavy atom. The molecule has 0 radical (unpaired) electrons. The Kier molecular flexibility index (Phi) is 5.96. The third kappa shape index (κ3) is 4.69. The molecular weight excluding hydrogens is 362 g/mol. The van der Waals surface area contributed by atoms with Gasteiger partial charge in [-0.1, -0.05) is 12.1 Å². The van der Waals surface area contributed by atoms with Gasteiger partial charge in [0.2, 0.25) is 0 Å². The van der Waals surface area contributed by atoms with Crippen LogP contribution in [-0.2, 0) is 6.42 Å². The molecule has 1 aliphatic rings. The molecular formula is C24H27N3O2. The molecule has 5 nitrogen and oxygen atoms in total. The van der Waals surface area contributed by atoms with Gasteiger partial charge in [-0.05, 0) is 60.5 Å². The summed E-state index contributed by atoms with van der Waals surface area (Å²) in [7, 11) is 1.70. The SMILES string of the molecule is COc1cccc(CCN2CCN(C(=O)c3ccc(-n4cccc4)cc3)CC2)c1. The molecule has 0 bridgehead atoms. The first-order chi connectivity index (χ1) is 14.2. The molecule has 1 amide bonds. The second-order valence-corrected chi connectivity index (χ2v) is 7.37. The third-order valence-electron chi connectivity index (χ3n) is 5.53. The monoisotopic (exact) mass is 389 g/mol. The molecule has 1 aromatic heterocycles. The maximum absolute atomic E-state index is 12.8. The van der Waals surface area contributed by atoms with Crippen molar-refractivity contribution in [3.63, 3.8) is 0 Å². The predicted molar refractivity (Wildman–Crippen MR) is 115 cm³/mol. The largest absolute Gasteiger partial charge is 0.497 e. The van der Waals surface area contributed by atoms with E-state index in [0.717, 1.165) is 56.1 Å². The summed E-state index contributed by atoms with van der Waals surface area (Å²) in [6.07, 6.45) is 5.00. The summed E-state index contributed by atoms with van der Waals surface area (Å²) in [6, 6.07) is 20.1. The molecule has 150 valence electrons. The lowest BCUT2D eigenvalue weighted by molar-refractivity contribution is 0.0638. The van der Waals surface area contributed by atoms with Crippen molar-refractivity contribution in [1.29, 1.82) is 0 Å². The second-order valence-electron chi connectivity index (χ2n) is 7.37. The number of aromatic nitrogens is 1. The average Bonchev–Trinajstić information content (AvgIpc) is 3.33. The number of carbonyl (C=O) groups is 1. The normalized spacial score (nSPS) is 14.7. The Hall–Kier alpha value is -3.05. The summed E-state index contributed by atoms with van der Waals surface area (Å²) in [5.41, 5.74) is 3.10. The first kappa shape index (κ1) is 19.3. The van der Waals surface area contributed by atoms with Crippen molar-refractivity contribution in [2.45, 2.75) is 6.42 Å². The number of rotatable bonds is 6. The van der Waals surface area contributed by atoms with Gasteiger partial charge in [-0.25, -0.2) is 0 Å². The van der Waals surface area contributed by atoms with Gasteiger partial charge in [-0.15, -0.1) is 0 Å². The van der Waals surface area contributed by atoms with Crippen molar-refractivity contribution >= 4 is 5.91 Å². The number of piperazine rings is 1. The van der Waals surface area contributed by atoms with E-state index in [9.17, 15) is 4.79 Å². The zero-order chi connectivity index (χ0) is 20.1. The Morgan fingerprint density at radius 3 is 2.34 bits per heavy atom. The van der Waals surface area contributed by atoms with Gasteiger partial charge in [0.1, 0.15) is 5.75 Å². The summed E-state index contributed by atoms with van der Waals surface area (Å²) in [6.45, 7) is 4.38. The fraction of sp³-hybridized carbons (Fsp3) is 0.292. The smallest absolute Gasteiger partial charge is 0.253 e. The summed E-state index contributed by atoms with van der Waals surface area (Å²) in [5, 5.41) is 0. The van der Waals surface area contributed by atoms with Crippen LogP contribution in [0.3, 0.4) is 0 Å². The van der Waals surface area contributed by atoms with E-state index in [2.05, 4.69) is 17.0 Å². The first-order valence-corrected chi connectivity index (χ1v) is 10.1. The molecule has 1 aliphatic heterocycles. The number of hydrogen-bond acceptors (Lipinski definition) is 3. The maximum Gasteiger partial charge on any atom is 0.253 e. The number of carbonyl (C=O) groups excluding carboxylic acids is 1. The molecule has 0 spiro atoms. The van der Waals surface area contributed by atoms with Crippen LogP contribution in [0.1, 0.15) is 15.9 Å². The summed E-state index contributed by atoms with van der Waals surface area (Å²) in [4.78, 5) is 17.2. The number of amides is 1. The molecule has 1 saturated heterocycles. The van der Waals surface area contributed by atoms with Crippen LogP contribution in [0.4, 0.5) is 0 Å². The van der Waals surface area contributed by atoms with Crippen LogP contribution >= 0.6 is 0 Å². The Balaban J connectivity index is 1.28. The molecule has 0 saturated carbocycles.